The van der Waals surface area contributed by atoms with Crippen LogP contribution in [0.5, 0.6) is 0 Å². The van der Waals surface area contributed by atoms with E-state index in [0.29, 0.717) is 23.3 Å². The Kier molecular flexibility index (Phi) is 11.7. The number of ether oxygens (including phenoxy) is 5. The van der Waals surface area contributed by atoms with Gasteiger partial charge in [0.25, 0.3) is 6.29 Å². The van der Waals surface area contributed by atoms with Gasteiger partial charge in [-0.3, -0.25) is 0 Å². The number of rotatable bonds is 12. The van der Waals surface area contributed by atoms with Gasteiger partial charge < -0.3 is 28.5 Å². The molecule has 228 valence electrons. The third-order valence-corrected chi connectivity index (χ3v) is 6.24. The fraction of sp³-hybridized carbons (Fsp3) is 0.414. The molecule has 0 unspecified atom stereocenters. The number of benzene rings is 1. The molecule has 42 heavy (non-hydrogen) atoms. The Morgan fingerprint density at radius 3 is 2.36 bits per heavy atom. The molecule has 5 atom stereocenters. The third-order valence-electron chi connectivity index (χ3n) is 6.24. The summed E-state index contributed by atoms with van der Waals surface area (Å²) < 4.78 is 78.8. The zero-order valence-corrected chi connectivity index (χ0v) is 23.8. The minimum Gasteiger partial charge on any atom is -0.406 e. The molecule has 1 saturated heterocycles. The van der Waals surface area contributed by atoms with Crippen molar-refractivity contribution in [3.05, 3.63) is 78.1 Å². The maximum atomic E-state index is 14.9. The van der Waals surface area contributed by atoms with Crippen molar-refractivity contribution in [2.24, 2.45) is 5.16 Å². The van der Waals surface area contributed by atoms with Gasteiger partial charge in [-0.1, -0.05) is 23.9 Å². The second kappa shape index (κ2) is 15.0. The lowest BCUT2D eigenvalue weighted by Gasteiger charge is -2.42. The van der Waals surface area contributed by atoms with Crippen LogP contribution in [0.25, 0.3) is 17.0 Å². The van der Waals surface area contributed by atoms with Crippen molar-refractivity contribution >= 4 is 11.8 Å². The maximum Gasteiger partial charge on any atom is 0.573 e. The molecule has 0 radical (unpaired) electrons. The Bertz CT molecular complexity index is 1280. The molecule has 3 rings (SSSR count). The number of methoxy groups -OCH3 is 2. The average molecular weight is 596 g/mol. The van der Waals surface area contributed by atoms with Crippen LogP contribution in [0.2, 0.25) is 0 Å². The smallest absolute Gasteiger partial charge is 0.406 e. The first-order chi connectivity index (χ1) is 20.0. The van der Waals surface area contributed by atoms with Gasteiger partial charge in [0.05, 0.1) is 12.3 Å². The van der Waals surface area contributed by atoms with E-state index in [9.17, 15) is 17.6 Å². The largest absolute Gasteiger partial charge is 0.573 e. The molecular weight excluding hydrogens is 562 g/mol. The van der Waals surface area contributed by atoms with Crippen molar-refractivity contribution in [2.75, 3.05) is 20.8 Å². The number of aromatic nitrogens is 2. The van der Waals surface area contributed by atoms with Gasteiger partial charge in [-0.05, 0) is 50.6 Å². The van der Waals surface area contributed by atoms with Gasteiger partial charge in [0.1, 0.15) is 23.8 Å². The summed E-state index contributed by atoms with van der Waals surface area (Å²) in [6.45, 7) is 9.32. The molecule has 0 bridgehead atoms. The van der Waals surface area contributed by atoms with Gasteiger partial charge in [0.2, 0.25) is 0 Å². The summed E-state index contributed by atoms with van der Waals surface area (Å²) in [4.78, 5) is 14.0. The summed E-state index contributed by atoms with van der Waals surface area (Å²) in [6.07, 6.45) is 0.141. The Morgan fingerprint density at radius 2 is 1.79 bits per heavy atom. The first kappa shape index (κ1) is 32.9. The van der Waals surface area contributed by atoms with Gasteiger partial charge in [0.15, 0.2) is 11.9 Å². The second-order valence-electron chi connectivity index (χ2n) is 9.00. The molecule has 1 fully saturated rings. The number of nitrogens with zero attached hydrogens (tertiary/aromatic N) is 3. The topological polar surface area (TPSA) is 93.5 Å². The fourth-order valence-corrected chi connectivity index (χ4v) is 4.18. The highest BCUT2D eigenvalue weighted by molar-refractivity contribution is 5.80. The lowest BCUT2D eigenvalue weighted by atomic mass is 9.99. The minimum atomic E-state index is -4.81. The van der Waals surface area contributed by atoms with Crippen LogP contribution >= 0.6 is 0 Å². The highest BCUT2D eigenvalue weighted by Crippen LogP contribution is 2.28. The molecule has 0 N–H and O–H groups in total. The van der Waals surface area contributed by atoms with E-state index in [1.165, 1.54) is 56.9 Å². The molecule has 0 spiro atoms. The molecule has 0 amide bonds. The first-order valence-electron chi connectivity index (χ1n) is 12.9. The van der Waals surface area contributed by atoms with Crippen LogP contribution in [0.4, 0.5) is 17.6 Å². The summed E-state index contributed by atoms with van der Waals surface area (Å²) in [7, 11) is 3.06. The van der Waals surface area contributed by atoms with Crippen LogP contribution in [-0.2, 0) is 28.5 Å². The fourth-order valence-electron chi connectivity index (χ4n) is 4.18. The number of hydrogen-bond donors (Lipinski definition) is 0. The van der Waals surface area contributed by atoms with Crippen molar-refractivity contribution < 1.29 is 46.1 Å². The van der Waals surface area contributed by atoms with Gasteiger partial charge in [-0.2, -0.15) is 0 Å². The lowest BCUT2D eigenvalue weighted by Crippen LogP contribution is -2.59. The normalized spacial score (nSPS) is 23.5. The summed E-state index contributed by atoms with van der Waals surface area (Å²) in [5, 5.41) is 3.90. The SMILES string of the molecule is C=C(/C=C\C(=C/C)OC(F)(F)F)c1cnc(-c2ccc(/C=N/O[C@@H]3O[C@@H](C)[C@H](OC)[C@@H](OCC)[C@H]3OC)c(F)c2)nc1. The van der Waals surface area contributed by atoms with Gasteiger partial charge in [0, 0.05) is 49.9 Å². The number of allylic oxidation sites excluding steroid dienone is 4. The first-order valence-corrected chi connectivity index (χ1v) is 12.9. The summed E-state index contributed by atoms with van der Waals surface area (Å²) >= 11 is 0. The number of oxime groups is 1. The quantitative estimate of drug-likeness (QED) is 0.0996. The van der Waals surface area contributed by atoms with Crippen LogP contribution in [-0.4, -0.2) is 74.1 Å². The summed E-state index contributed by atoms with van der Waals surface area (Å²) in [5.74, 6) is -0.762. The van der Waals surface area contributed by atoms with Crippen LogP contribution in [0.3, 0.4) is 0 Å². The molecule has 1 aromatic heterocycles. The van der Waals surface area contributed by atoms with Gasteiger partial charge >= 0.3 is 6.36 Å². The molecule has 1 aromatic carbocycles. The number of halogens is 4. The Hall–Kier alpha value is -3.65. The Morgan fingerprint density at radius 1 is 1.10 bits per heavy atom. The molecule has 2 heterocycles. The summed E-state index contributed by atoms with van der Waals surface area (Å²) in [6, 6.07) is 4.33. The molecule has 0 aliphatic carbocycles. The van der Waals surface area contributed by atoms with E-state index in [1.54, 1.807) is 13.2 Å². The maximum absolute atomic E-state index is 14.9. The van der Waals surface area contributed by atoms with E-state index in [1.807, 2.05) is 13.8 Å². The lowest BCUT2D eigenvalue weighted by molar-refractivity contribution is -0.308. The van der Waals surface area contributed by atoms with E-state index in [-0.39, 0.29) is 29.4 Å². The van der Waals surface area contributed by atoms with Crippen LogP contribution < -0.4 is 0 Å². The highest BCUT2D eigenvalue weighted by Gasteiger charge is 2.47. The molecule has 1 aliphatic rings. The molecule has 2 aromatic rings. The van der Waals surface area contributed by atoms with E-state index in [2.05, 4.69) is 26.4 Å². The molecule has 13 heteroatoms. The predicted octanol–water partition coefficient (Wildman–Crippen LogP) is 5.82. The third kappa shape index (κ3) is 8.68. The molecule has 1 aliphatic heterocycles. The van der Waals surface area contributed by atoms with Crippen LogP contribution in [0.1, 0.15) is 31.9 Å². The molecular formula is C29H33F4N3O6. The van der Waals surface area contributed by atoms with E-state index in [0.717, 1.165) is 6.08 Å². The van der Waals surface area contributed by atoms with Crippen molar-refractivity contribution in [3.63, 3.8) is 0 Å². The minimum absolute atomic E-state index is 0.142. The zero-order chi connectivity index (χ0) is 30.9. The number of hydrogen-bond acceptors (Lipinski definition) is 9. The zero-order valence-electron chi connectivity index (χ0n) is 23.8. The average Bonchev–Trinajstić information content (AvgIpc) is 2.95. The van der Waals surface area contributed by atoms with E-state index < -0.39 is 30.7 Å². The second-order valence-corrected chi connectivity index (χ2v) is 9.00. The number of alkyl halides is 3. The Labute approximate surface area is 241 Å². The Balaban J connectivity index is 1.66. The van der Waals surface area contributed by atoms with Crippen molar-refractivity contribution in [3.8, 4) is 11.4 Å². The molecule has 9 nitrogen and oxygen atoms in total. The van der Waals surface area contributed by atoms with Crippen molar-refractivity contribution in [1.29, 1.82) is 0 Å². The van der Waals surface area contributed by atoms with Gasteiger partial charge in [-0.25, -0.2) is 14.4 Å². The van der Waals surface area contributed by atoms with E-state index in [4.69, 9.17) is 23.8 Å². The monoisotopic (exact) mass is 595 g/mol. The summed E-state index contributed by atoms with van der Waals surface area (Å²) in [5.41, 5.74) is 1.34. The van der Waals surface area contributed by atoms with Crippen LogP contribution in [0, 0.1) is 5.82 Å². The van der Waals surface area contributed by atoms with E-state index >= 15 is 0 Å². The molecule has 0 saturated carbocycles. The van der Waals surface area contributed by atoms with Crippen molar-refractivity contribution in [2.45, 2.75) is 57.8 Å². The van der Waals surface area contributed by atoms with Gasteiger partial charge in [-0.15, -0.1) is 13.2 Å². The highest BCUT2D eigenvalue weighted by atomic mass is 19.4. The van der Waals surface area contributed by atoms with Crippen LogP contribution in [0.15, 0.2) is 66.3 Å². The predicted molar refractivity (Wildman–Crippen MR) is 147 cm³/mol. The standard InChI is InChI=1S/C29H33F4N3O6/c1-7-22(41-29(31,32)33)12-9-17(3)21-14-34-27(35-15-21)19-10-11-20(23(30)13-19)16-36-42-28-26(38-6)25(39-8-2)24(37-5)18(4)40-28/h7,9-16,18,24-26,28H,3,8H2,1-2,4-6H3/b12-9-,22-7+,36-16+/t18-,24-,25+,26+,28-/m0/s1. The van der Waals surface area contributed by atoms with Crippen molar-refractivity contribution in [1.82, 2.24) is 9.97 Å².